The highest BCUT2D eigenvalue weighted by Crippen LogP contribution is 2.08. The summed E-state index contributed by atoms with van der Waals surface area (Å²) in [5.74, 6) is 0. The van der Waals surface area contributed by atoms with Gasteiger partial charge in [-0.1, -0.05) is 12.2 Å². The Kier molecular flexibility index (Phi) is 4.79. The smallest absolute Gasteiger partial charge is 0.0137 e. The van der Waals surface area contributed by atoms with Crippen LogP contribution in [0.1, 0.15) is 19.4 Å². The Morgan fingerprint density at radius 3 is 3.08 bits per heavy atom. The Hall–Kier alpha value is -0.600. The molecule has 0 saturated carbocycles. The molecule has 1 aromatic heterocycles. The molecule has 1 nitrogen and oxygen atoms in total. The fraction of sp³-hybridized carbons (Fsp3) is 0.455. The molecule has 1 unspecified atom stereocenters. The standard InChI is InChI=1S/C11H17NS/c1-3-4-6-12-10(2)8-11-5-7-13-9-11/h3-5,7,9-10,12H,6,8H2,1-2H3/b4-3+. The zero-order chi connectivity index (χ0) is 9.52. The Bertz CT molecular complexity index is 239. The molecule has 72 valence electrons. The summed E-state index contributed by atoms with van der Waals surface area (Å²) in [7, 11) is 0. The maximum Gasteiger partial charge on any atom is 0.0137 e. The van der Waals surface area contributed by atoms with Crippen LogP contribution < -0.4 is 5.32 Å². The predicted octanol–water partition coefficient (Wildman–Crippen LogP) is 2.84. The topological polar surface area (TPSA) is 12.0 Å². The second-order valence-electron chi connectivity index (χ2n) is 3.21. The Morgan fingerprint density at radius 2 is 2.46 bits per heavy atom. The zero-order valence-corrected chi connectivity index (χ0v) is 9.10. The summed E-state index contributed by atoms with van der Waals surface area (Å²) in [6.45, 7) is 5.24. The van der Waals surface area contributed by atoms with Crippen molar-refractivity contribution in [3.05, 3.63) is 34.5 Å². The first kappa shape index (κ1) is 10.5. The van der Waals surface area contributed by atoms with E-state index in [1.165, 1.54) is 5.56 Å². The minimum absolute atomic E-state index is 0.561. The van der Waals surface area contributed by atoms with Crippen LogP contribution in [-0.4, -0.2) is 12.6 Å². The van der Waals surface area contributed by atoms with E-state index in [1.807, 2.05) is 6.92 Å². The molecule has 1 N–H and O–H groups in total. The first-order valence-corrected chi connectivity index (χ1v) is 5.63. The van der Waals surface area contributed by atoms with Gasteiger partial charge in [0.05, 0.1) is 0 Å². The monoisotopic (exact) mass is 195 g/mol. The second kappa shape index (κ2) is 5.95. The SMILES string of the molecule is C/C=C/CNC(C)Cc1ccsc1. The van der Waals surface area contributed by atoms with E-state index in [1.54, 1.807) is 11.3 Å². The van der Waals surface area contributed by atoms with Gasteiger partial charge in [0.25, 0.3) is 0 Å². The van der Waals surface area contributed by atoms with Gasteiger partial charge in [0.15, 0.2) is 0 Å². The van der Waals surface area contributed by atoms with Gasteiger partial charge < -0.3 is 5.32 Å². The molecule has 0 aliphatic rings. The zero-order valence-electron chi connectivity index (χ0n) is 8.29. The quantitative estimate of drug-likeness (QED) is 0.712. The summed E-state index contributed by atoms with van der Waals surface area (Å²) in [5.41, 5.74) is 1.44. The van der Waals surface area contributed by atoms with E-state index in [0.29, 0.717) is 6.04 Å². The minimum atomic E-state index is 0.561. The van der Waals surface area contributed by atoms with Crippen LogP contribution in [-0.2, 0) is 6.42 Å². The lowest BCUT2D eigenvalue weighted by molar-refractivity contribution is 0.581. The van der Waals surface area contributed by atoms with Crippen molar-refractivity contribution >= 4 is 11.3 Å². The fourth-order valence-corrected chi connectivity index (χ4v) is 1.90. The highest BCUT2D eigenvalue weighted by atomic mass is 32.1. The molecule has 0 fully saturated rings. The van der Waals surface area contributed by atoms with Crippen LogP contribution in [0.5, 0.6) is 0 Å². The molecular formula is C11H17NS. The normalized spacial score (nSPS) is 13.7. The van der Waals surface area contributed by atoms with E-state index in [-0.39, 0.29) is 0 Å². The number of thiophene rings is 1. The van der Waals surface area contributed by atoms with Crippen LogP contribution in [0.2, 0.25) is 0 Å². The van der Waals surface area contributed by atoms with Crippen LogP contribution in [0.3, 0.4) is 0 Å². The van der Waals surface area contributed by atoms with Crippen molar-refractivity contribution in [3.8, 4) is 0 Å². The van der Waals surface area contributed by atoms with Crippen LogP contribution in [0.15, 0.2) is 29.0 Å². The molecule has 1 rings (SSSR count). The Labute approximate surface area is 84.5 Å². The number of hydrogen-bond donors (Lipinski definition) is 1. The summed E-state index contributed by atoms with van der Waals surface area (Å²) >= 11 is 1.77. The molecule has 1 atom stereocenters. The summed E-state index contributed by atoms with van der Waals surface area (Å²) in [5, 5.41) is 7.79. The predicted molar refractivity (Wildman–Crippen MR) is 60.3 cm³/mol. The maximum atomic E-state index is 3.44. The molecule has 0 bridgehead atoms. The lowest BCUT2D eigenvalue weighted by atomic mass is 10.1. The van der Waals surface area contributed by atoms with Crippen molar-refractivity contribution in [3.63, 3.8) is 0 Å². The van der Waals surface area contributed by atoms with Crippen molar-refractivity contribution in [1.29, 1.82) is 0 Å². The van der Waals surface area contributed by atoms with Crippen molar-refractivity contribution < 1.29 is 0 Å². The van der Waals surface area contributed by atoms with E-state index < -0.39 is 0 Å². The average Bonchev–Trinajstić information content (AvgIpc) is 2.57. The molecular weight excluding hydrogens is 178 g/mol. The third-order valence-corrected chi connectivity index (χ3v) is 2.67. The van der Waals surface area contributed by atoms with E-state index in [0.717, 1.165) is 13.0 Å². The Balaban J connectivity index is 2.21. The lowest BCUT2D eigenvalue weighted by Crippen LogP contribution is -2.27. The average molecular weight is 195 g/mol. The summed E-state index contributed by atoms with van der Waals surface area (Å²) in [4.78, 5) is 0. The fourth-order valence-electron chi connectivity index (χ4n) is 1.22. The van der Waals surface area contributed by atoms with Gasteiger partial charge in [0.2, 0.25) is 0 Å². The third kappa shape index (κ3) is 4.25. The molecule has 1 heterocycles. The third-order valence-electron chi connectivity index (χ3n) is 1.94. The van der Waals surface area contributed by atoms with Crippen LogP contribution in [0.25, 0.3) is 0 Å². The first-order chi connectivity index (χ1) is 6.33. The summed E-state index contributed by atoms with van der Waals surface area (Å²) < 4.78 is 0. The molecule has 0 saturated heterocycles. The first-order valence-electron chi connectivity index (χ1n) is 4.68. The summed E-state index contributed by atoms with van der Waals surface area (Å²) in [6, 6.07) is 2.75. The molecule has 0 aliphatic carbocycles. The van der Waals surface area contributed by atoms with Gasteiger partial charge in [-0.25, -0.2) is 0 Å². The lowest BCUT2D eigenvalue weighted by Gasteiger charge is -2.10. The second-order valence-corrected chi connectivity index (χ2v) is 3.99. The largest absolute Gasteiger partial charge is 0.310 e. The van der Waals surface area contributed by atoms with Crippen molar-refractivity contribution in [1.82, 2.24) is 5.32 Å². The molecule has 0 radical (unpaired) electrons. The van der Waals surface area contributed by atoms with E-state index >= 15 is 0 Å². The molecule has 0 aliphatic heterocycles. The molecule has 2 heteroatoms. The van der Waals surface area contributed by atoms with Gasteiger partial charge in [-0.05, 0) is 42.7 Å². The van der Waals surface area contributed by atoms with Gasteiger partial charge in [0.1, 0.15) is 0 Å². The van der Waals surface area contributed by atoms with Gasteiger partial charge in [-0.15, -0.1) is 0 Å². The van der Waals surface area contributed by atoms with Crippen LogP contribution in [0, 0.1) is 0 Å². The minimum Gasteiger partial charge on any atom is -0.310 e. The van der Waals surface area contributed by atoms with Gasteiger partial charge >= 0.3 is 0 Å². The van der Waals surface area contributed by atoms with E-state index in [4.69, 9.17) is 0 Å². The van der Waals surface area contributed by atoms with E-state index in [9.17, 15) is 0 Å². The molecule has 13 heavy (non-hydrogen) atoms. The number of allylic oxidation sites excluding steroid dienone is 1. The number of hydrogen-bond acceptors (Lipinski definition) is 2. The molecule has 0 spiro atoms. The highest BCUT2D eigenvalue weighted by Gasteiger charge is 2.01. The van der Waals surface area contributed by atoms with E-state index in [2.05, 4.69) is 41.2 Å². The molecule has 0 aromatic carbocycles. The van der Waals surface area contributed by atoms with Crippen LogP contribution in [0.4, 0.5) is 0 Å². The van der Waals surface area contributed by atoms with Gasteiger partial charge in [0, 0.05) is 12.6 Å². The molecule has 0 amide bonds. The highest BCUT2D eigenvalue weighted by molar-refractivity contribution is 7.07. The number of rotatable bonds is 5. The van der Waals surface area contributed by atoms with Crippen molar-refractivity contribution in [2.24, 2.45) is 0 Å². The van der Waals surface area contributed by atoms with Crippen molar-refractivity contribution in [2.45, 2.75) is 26.3 Å². The molecule has 1 aromatic rings. The van der Waals surface area contributed by atoms with Crippen molar-refractivity contribution in [2.75, 3.05) is 6.54 Å². The van der Waals surface area contributed by atoms with Crippen LogP contribution >= 0.6 is 11.3 Å². The Morgan fingerprint density at radius 1 is 1.62 bits per heavy atom. The van der Waals surface area contributed by atoms with Gasteiger partial charge in [-0.2, -0.15) is 11.3 Å². The van der Waals surface area contributed by atoms with Gasteiger partial charge in [-0.3, -0.25) is 0 Å². The maximum absolute atomic E-state index is 3.44. The number of nitrogens with one attached hydrogen (secondary N) is 1. The summed E-state index contributed by atoms with van der Waals surface area (Å²) in [6.07, 6.45) is 5.34.